The lowest BCUT2D eigenvalue weighted by Gasteiger charge is -2.24. The van der Waals surface area contributed by atoms with Crippen LogP contribution in [0, 0.1) is 5.82 Å². The summed E-state index contributed by atoms with van der Waals surface area (Å²) in [6, 6.07) is 4.40. The van der Waals surface area contributed by atoms with Gasteiger partial charge in [0, 0.05) is 17.4 Å². The van der Waals surface area contributed by atoms with E-state index in [1.807, 2.05) is 13.8 Å². The van der Waals surface area contributed by atoms with Gasteiger partial charge in [0.1, 0.15) is 5.82 Å². The summed E-state index contributed by atoms with van der Waals surface area (Å²) in [5.74, 6) is -0.813. The number of hydrogen-bond acceptors (Lipinski definition) is 4. The Morgan fingerprint density at radius 1 is 1.38 bits per heavy atom. The van der Waals surface area contributed by atoms with Crippen LogP contribution in [0.15, 0.2) is 23.1 Å². The Kier molecular flexibility index (Phi) is 4.88. The molecule has 0 aliphatic carbocycles. The molecule has 6 heteroatoms. The number of benzene rings is 1. The van der Waals surface area contributed by atoms with E-state index in [4.69, 9.17) is 5.73 Å². The Morgan fingerprint density at radius 2 is 2.05 bits per heavy atom. The predicted octanol–water partition coefficient (Wildman–Crippen LogP) is 2.82. The normalized spacial score (nSPS) is 18.9. The monoisotopic (exact) mass is 310 g/mol. The van der Waals surface area contributed by atoms with E-state index in [-0.39, 0.29) is 30.0 Å². The van der Waals surface area contributed by atoms with Crippen LogP contribution in [0.4, 0.5) is 10.1 Å². The van der Waals surface area contributed by atoms with Gasteiger partial charge in [-0.2, -0.15) is 0 Å². The topological polar surface area (TPSA) is 63.4 Å². The van der Waals surface area contributed by atoms with Crippen LogP contribution >= 0.6 is 11.8 Å². The van der Waals surface area contributed by atoms with Crippen molar-refractivity contribution in [1.82, 2.24) is 4.90 Å². The molecule has 1 fully saturated rings. The van der Waals surface area contributed by atoms with Crippen molar-refractivity contribution in [3.63, 3.8) is 0 Å². The SMILES string of the molecule is CCC(CC)N1C(=O)CC(Sc2ccc(N)c(F)c2)C1=O. The van der Waals surface area contributed by atoms with E-state index in [0.717, 1.165) is 12.8 Å². The molecule has 1 aliphatic heterocycles. The lowest BCUT2D eigenvalue weighted by atomic mass is 10.1. The van der Waals surface area contributed by atoms with Crippen LogP contribution in [0.5, 0.6) is 0 Å². The zero-order valence-corrected chi connectivity index (χ0v) is 13.0. The van der Waals surface area contributed by atoms with Gasteiger partial charge >= 0.3 is 0 Å². The molecule has 1 aliphatic rings. The Balaban J connectivity index is 2.13. The molecule has 114 valence electrons. The molecule has 1 heterocycles. The lowest BCUT2D eigenvalue weighted by Crippen LogP contribution is -2.40. The van der Waals surface area contributed by atoms with Crippen molar-refractivity contribution >= 4 is 29.3 Å². The maximum absolute atomic E-state index is 13.4. The van der Waals surface area contributed by atoms with E-state index in [9.17, 15) is 14.0 Å². The van der Waals surface area contributed by atoms with E-state index < -0.39 is 11.1 Å². The summed E-state index contributed by atoms with van der Waals surface area (Å²) in [7, 11) is 0. The number of hydrogen-bond donors (Lipinski definition) is 1. The highest BCUT2D eigenvalue weighted by molar-refractivity contribution is 8.00. The summed E-state index contributed by atoms with van der Waals surface area (Å²) in [4.78, 5) is 26.5. The number of nitrogens with two attached hydrogens (primary N) is 1. The van der Waals surface area contributed by atoms with Gasteiger partial charge in [0.2, 0.25) is 11.8 Å². The number of nitrogens with zero attached hydrogens (tertiary/aromatic N) is 1. The largest absolute Gasteiger partial charge is 0.396 e. The van der Waals surface area contributed by atoms with Crippen molar-refractivity contribution in [2.24, 2.45) is 0 Å². The summed E-state index contributed by atoms with van der Waals surface area (Å²) in [5.41, 5.74) is 5.51. The number of carbonyl (C=O) groups excluding carboxylic acids is 2. The molecule has 2 rings (SSSR count). The standard InChI is InChI=1S/C15H19FN2O2S/c1-3-9(4-2)18-14(19)8-13(15(18)20)21-10-5-6-12(17)11(16)7-10/h5-7,9,13H,3-4,8,17H2,1-2H3. The maximum Gasteiger partial charge on any atom is 0.243 e. The maximum atomic E-state index is 13.4. The van der Waals surface area contributed by atoms with Crippen molar-refractivity contribution in [2.45, 2.75) is 49.3 Å². The zero-order valence-electron chi connectivity index (χ0n) is 12.1. The Hall–Kier alpha value is -1.56. The number of anilines is 1. The molecular weight excluding hydrogens is 291 g/mol. The van der Waals surface area contributed by atoms with Gasteiger partial charge in [-0.15, -0.1) is 11.8 Å². The molecule has 0 saturated carbocycles. The van der Waals surface area contributed by atoms with Crippen molar-refractivity contribution in [2.75, 3.05) is 5.73 Å². The van der Waals surface area contributed by atoms with Gasteiger partial charge in [-0.25, -0.2) is 4.39 Å². The number of halogens is 1. The second-order valence-electron chi connectivity index (χ2n) is 5.07. The smallest absolute Gasteiger partial charge is 0.243 e. The number of likely N-dealkylation sites (tertiary alicyclic amines) is 1. The molecule has 0 bridgehead atoms. The molecule has 0 aromatic heterocycles. The van der Waals surface area contributed by atoms with E-state index in [2.05, 4.69) is 0 Å². The number of carbonyl (C=O) groups is 2. The molecular formula is C15H19FN2O2S. The molecule has 0 radical (unpaired) electrons. The van der Waals surface area contributed by atoms with Crippen LogP contribution in [-0.4, -0.2) is 28.0 Å². The molecule has 1 atom stereocenters. The first-order valence-electron chi connectivity index (χ1n) is 7.05. The summed E-state index contributed by atoms with van der Waals surface area (Å²) in [5, 5.41) is -0.471. The molecule has 0 spiro atoms. The van der Waals surface area contributed by atoms with Crippen molar-refractivity contribution in [3.8, 4) is 0 Å². The number of thioether (sulfide) groups is 1. The predicted molar refractivity (Wildman–Crippen MR) is 81.3 cm³/mol. The van der Waals surface area contributed by atoms with Gasteiger partial charge in [-0.3, -0.25) is 14.5 Å². The first kappa shape index (κ1) is 15.8. The minimum Gasteiger partial charge on any atom is -0.396 e. The van der Waals surface area contributed by atoms with Gasteiger partial charge in [-0.1, -0.05) is 13.8 Å². The minimum absolute atomic E-state index is 0.0428. The molecule has 2 N–H and O–H groups in total. The second-order valence-corrected chi connectivity index (χ2v) is 6.34. The van der Waals surface area contributed by atoms with E-state index in [1.54, 1.807) is 6.07 Å². The Morgan fingerprint density at radius 3 is 2.62 bits per heavy atom. The molecule has 1 aromatic carbocycles. The Labute approximate surface area is 127 Å². The van der Waals surface area contributed by atoms with Gasteiger partial charge in [-0.05, 0) is 31.0 Å². The van der Waals surface area contributed by atoms with Crippen LogP contribution in [0.1, 0.15) is 33.1 Å². The van der Waals surface area contributed by atoms with Crippen molar-refractivity contribution in [1.29, 1.82) is 0 Å². The molecule has 1 aromatic rings. The first-order chi connectivity index (χ1) is 9.97. The molecule has 1 saturated heterocycles. The highest BCUT2D eigenvalue weighted by Crippen LogP contribution is 2.34. The van der Waals surface area contributed by atoms with Gasteiger partial charge in [0.25, 0.3) is 0 Å². The number of imide groups is 1. The first-order valence-corrected chi connectivity index (χ1v) is 7.93. The van der Waals surface area contributed by atoms with Crippen molar-refractivity contribution < 1.29 is 14.0 Å². The third kappa shape index (κ3) is 3.20. The van der Waals surface area contributed by atoms with Crippen LogP contribution in [0.3, 0.4) is 0 Å². The van der Waals surface area contributed by atoms with Crippen molar-refractivity contribution in [3.05, 3.63) is 24.0 Å². The molecule has 2 amide bonds. The third-order valence-corrected chi connectivity index (χ3v) is 4.88. The lowest BCUT2D eigenvalue weighted by molar-refractivity contribution is -0.141. The van der Waals surface area contributed by atoms with E-state index in [0.29, 0.717) is 4.90 Å². The minimum atomic E-state index is -0.506. The summed E-state index contributed by atoms with van der Waals surface area (Å²) < 4.78 is 13.4. The fraction of sp³-hybridized carbons (Fsp3) is 0.467. The van der Waals surface area contributed by atoms with Crippen LogP contribution in [-0.2, 0) is 9.59 Å². The van der Waals surface area contributed by atoms with Crippen LogP contribution in [0.2, 0.25) is 0 Å². The Bertz CT molecular complexity index is 561. The van der Waals surface area contributed by atoms with Gasteiger partial charge in [0.05, 0.1) is 10.9 Å². The highest BCUT2D eigenvalue weighted by atomic mass is 32.2. The molecule has 21 heavy (non-hydrogen) atoms. The summed E-state index contributed by atoms with van der Waals surface area (Å²) in [6.45, 7) is 3.93. The zero-order chi connectivity index (χ0) is 15.6. The summed E-state index contributed by atoms with van der Waals surface area (Å²) >= 11 is 1.22. The third-order valence-electron chi connectivity index (χ3n) is 3.70. The molecule has 4 nitrogen and oxygen atoms in total. The summed E-state index contributed by atoms with van der Waals surface area (Å²) in [6.07, 6.45) is 1.68. The molecule has 1 unspecified atom stereocenters. The number of amides is 2. The number of rotatable bonds is 5. The van der Waals surface area contributed by atoms with Gasteiger partial charge < -0.3 is 5.73 Å². The van der Waals surface area contributed by atoms with E-state index >= 15 is 0 Å². The van der Waals surface area contributed by atoms with Gasteiger partial charge in [0.15, 0.2) is 0 Å². The number of nitrogen functional groups attached to an aromatic ring is 1. The fourth-order valence-electron chi connectivity index (χ4n) is 2.50. The average Bonchev–Trinajstić information content (AvgIpc) is 2.72. The average molecular weight is 310 g/mol. The van der Waals surface area contributed by atoms with E-state index in [1.165, 1.54) is 28.8 Å². The fourth-order valence-corrected chi connectivity index (χ4v) is 3.58. The quantitative estimate of drug-likeness (QED) is 0.671. The second kappa shape index (κ2) is 6.47. The van der Waals surface area contributed by atoms with Crippen LogP contribution in [0.25, 0.3) is 0 Å². The van der Waals surface area contributed by atoms with Crippen LogP contribution < -0.4 is 5.73 Å². The highest BCUT2D eigenvalue weighted by Gasteiger charge is 2.41.